The summed E-state index contributed by atoms with van der Waals surface area (Å²) in [6.07, 6.45) is 0. The summed E-state index contributed by atoms with van der Waals surface area (Å²) in [5, 5.41) is 5.40. The first-order valence-electron chi connectivity index (χ1n) is 20.7. The molecule has 0 fully saturated rings. The fourth-order valence-corrected chi connectivity index (χ4v) is 36.2. The predicted octanol–water partition coefficient (Wildman–Crippen LogP) is 19.5. The third-order valence-electron chi connectivity index (χ3n) is 8.05. The van der Waals surface area contributed by atoms with E-state index >= 15 is 0 Å². The summed E-state index contributed by atoms with van der Waals surface area (Å²) >= 11 is 0. The van der Waals surface area contributed by atoms with Gasteiger partial charge >= 0.3 is 0 Å². The molecular formula is C48H108P4Pd. The van der Waals surface area contributed by atoms with Gasteiger partial charge in [0.25, 0.3) is 0 Å². The van der Waals surface area contributed by atoms with E-state index in [0.29, 0.717) is 61.9 Å². The standard InChI is InChI=1S/4C12H27P.Pd/c4*1-10(2,3)13(11(4,5)6)12(7,8)9;/h4*1-9H3;. The van der Waals surface area contributed by atoms with E-state index < -0.39 is 0 Å². The van der Waals surface area contributed by atoms with Crippen LogP contribution >= 0.6 is 31.7 Å². The van der Waals surface area contributed by atoms with Crippen molar-refractivity contribution in [1.82, 2.24) is 0 Å². The molecule has 5 heteroatoms. The molecular weight excluding hydrogens is 807 g/mol. The Bertz CT molecular complexity index is 686. The minimum atomic E-state index is 0. The Morgan fingerprint density at radius 2 is 0.170 bits per heavy atom. The van der Waals surface area contributed by atoms with E-state index in [0.717, 1.165) is 0 Å². The molecule has 0 aliphatic rings. The first-order valence-corrected chi connectivity index (χ1v) is 26.0. The van der Waals surface area contributed by atoms with Gasteiger partial charge in [-0.05, 0) is 61.9 Å². The molecule has 0 spiro atoms. The van der Waals surface area contributed by atoms with Crippen LogP contribution in [0.1, 0.15) is 249 Å². The van der Waals surface area contributed by atoms with E-state index in [1.807, 2.05) is 0 Å². The molecule has 0 bridgehead atoms. The van der Waals surface area contributed by atoms with Crippen LogP contribution in [0.25, 0.3) is 0 Å². The van der Waals surface area contributed by atoms with E-state index in [2.05, 4.69) is 249 Å². The Labute approximate surface area is 361 Å². The Kier molecular flexibility index (Phi) is 25.3. The Morgan fingerprint density at radius 3 is 0.170 bits per heavy atom. The summed E-state index contributed by atoms with van der Waals surface area (Å²) in [5.74, 6) is 0. The fraction of sp³-hybridized carbons (Fsp3) is 1.00. The molecule has 0 amide bonds. The molecule has 0 aromatic heterocycles. The van der Waals surface area contributed by atoms with Crippen LogP contribution in [0.3, 0.4) is 0 Å². The second-order valence-electron chi connectivity index (χ2n) is 27.4. The molecule has 0 atom stereocenters. The molecule has 0 N–H and O–H groups in total. The molecule has 330 valence electrons. The van der Waals surface area contributed by atoms with E-state index in [-0.39, 0.29) is 52.1 Å². The van der Waals surface area contributed by atoms with Gasteiger partial charge in [-0.2, -0.15) is 0 Å². The second kappa shape index (κ2) is 20.8. The summed E-state index contributed by atoms with van der Waals surface area (Å²) in [7, 11) is 0.0648. The van der Waals surface area contributed by atoms with E-state index in [9.17, 15) is 0 Å². The van der Waals surface area contributed by atoms with E-state index in [1.165, 1.54) is 0 Å². The molecule has 0 saturated carbocycles. The maximum absolute atomic E-state index is 2.38. The zero-order chi connectivity index (χ0) is 44.3. The van der Waals surface area contributed by atoms with Gasteiger partial charge in [0.15, 0.2) is 0 Å². The average molecular weight is 916 g/mol. The van der Waals surface area contributed by atoms with Crippen molar-refractivity contribution in [2.45, 2.75) is 311 Å². The van der Waals surface area contributed by atoms with Crippen LogP contribution in [-0.4, -0.2) is 61.9 Å². The topological polar surface area (TPSA) is 0 Å². The SMILES string of the molecule is CC(C)(C)P(C(C)(C)C)C(C)(C)C.CC(C)(C)P(C(C)(C)C)C(C)(C)C.CC(C)(C)P(C(C)(C)C)C(C)(C)C.CC(C)(C)P(C(C)(C)C)C(C)(C)C.[Pd]. The van der Waals surface area contributed by atoms with Crippen molar-refractivity contribution < 1.29 is 20.4 Å². The van der Waals surface area contributed by atoms with Gasteiger partial charge in [-0.25, -0.2) is 0 Å². The molecule has 0 unspecified atom stereocenters. The van der Waals surface area contributed by atoms with Gasteiger partial charge in [0.1, 0.15) is 0 Å². The van der Waals surface area contributed by atoms with Gasteiger partial charge in [-0.3, -0.25) is 0 Å². The Balaban J connectivity index is -0.000000192. The van der Waals surface area contributed by atoms with Crippen LogP contribution in [-0.2, 0) is 20.4 Å². The van der Waals surface area contributed by atoms with Crippen LogP contribution in [0, 0.1) is 0 Å². The van der Waals surface area contributed by atoms with Crippen LogP contribution in [0.15, 0.2) is 0 Å². The minimum Gasteiger partial charge on any atom is -0.0901 e. The monoisotopic (exact) mass is 915 g/mol. The van der Waals surface area contributed by atoms with Gasteiger partial charge in [-0.15, -0.1) is 0 Å². The first-order chi connectivity index (χ1) is 21.5. The number of hydrogen-bond donors (Lipinski definition) is 0. The minimum absolute atomic E-state index is 0. The van der Waals surface area contributed by atoms with Crippen molar-refractivity contribution in [3.8, 4) is 0 Å². The van der Waals surface area contributed by atoms with Crippen molar-refractivity contribution in [2.24, 2.45) is 0 Å². The molecule has 0 aromatic carbocycles. The van der Waals surface area contributed by atoms with Crippen molar-refractivity contribution in [2.75, 3.05) is 0 Å². The van der Waals surface area contributed by atoms with Crippen molar-refractivity contribution in [3.63, 3.8) is 0 Å². The van der Waals surface area contributed by atoms with E-state index in [4.69, 9.17) is 0 Å². The smallest absolute Gasteiger partial charge is 0 e. The van der Waals surface area contributed by atoms with Crippen molar-refractivity contribution in [3.05, 3.63) is 0 Å². The molecule has 0 saturated heterocycles. The van der Waals surface area contributed by atoms with Gasteiger partial charge in [0.05, 0.1) is 0 Å². The summed E-state index contributed by atoms with van der Waals surface area (Å²) in [4.78, 5) is 0. The molecule has 53 heavy (non-hydrogen) atoms. The van der Waals surface area contributed by atoms with Crippen LogP contribution in [0.2, 0.25) is 0 Å². The van der Waals surface area contributed by atoms with Gasteiger partial charge in [0.2, 0.25) is 0 Å². The summed E-state index contributed by atoms with van der Waals surface area (Å²) in [6.45, 7) is 85.8. The Hall–Kier alpha value is 2.38. The first kappa shape index (κ1) is 64.5. The zero-order valence-corrected chi connectivity index (χ0v) is 49.2. The summed E-state index contributed by atoms with van der Waals surface area (Å²) < 4.78 is 0. The van der Waals surface area contributed by atoms with Crippen molar-refractivity contribution >= 4 is 31.7 Å². The molecule has 0 aliphatic carbocycles. The normalized spacial score (nSPS) is 14.9. The summed E-state index contributed by atoms with van der Waals surface area (Å²) in [6, 6.07) is 0. The third-order valence-corrected chi connectivity index (χ3v) is 24.1. The van der Waals surface area contributed by atoms with E-state index in [1.54, 1.807) is 0 Å². The molecule has 0 rings (SSSR count). The maximum atomic E-state index is 2.38. The third kappa shape index (κ3) is 27.0. The molecule has 0 heterocycles. The average Bonchev–Trinajstić information content (AvgIpc) is 2.51. The second-order valence-corrected chi connectivity index (χ2v) is 46.2. The maximum Gasteiger partial charge on any atom is 0 e. The molecule has 0 aromatic rings. The van der Waals surface area contributed by atoms with Crippen LogP contribution in [0.4, 0.5) is 0 Å². The molecule has 0 nitrogen and oxygen atoms in total. The fourth-order valence-electron chi connectivity index (χ4n) is 12.1. The number of rotatable bonds is 0. The van der Waals surface area contributed by atoms with Gasteiger partial charge < -0.3 is 0 Å². The van der Waals surface area contributed by atoms with Crippen LogP contribution in [0.5, 0.6) is 0 Å². The Morgan fingerprint density at radius 1 is 0.132 bits per heavy atom. The van der Waals surface area contributed by atoms with Crippen molar-refractivity contribution in [1.29, 1.82) is 0 Å². The van der Waals surface area contributed by atoms with Gasteiger partial charge in [0, 0.05) is 20.4 Å². The zero-order valence-electron chi connectivity index (χ0n) is 44.1. The van der Waals surface area contributed by atoms with Crippen LogP contribution < -0.4 is 0 Å². The number of hydrogen-bond acceptors (Lipinski definition) is 0. The predicted molar refractivity (Wildman–Crippen MR) is 265 cm³/mol. The summed E-state index contributed by atoms with van der Waals surface area (Å²) in [5.41, 5.74) is 0. The molecule has 0 aliphatic heterocycles. The quantitative estimate of drug-likeness (QED) is 0.168. The molecule has 0 radical (unpaired) electrons. The largest absolute Gasteiger partial charge is 0.0901 e. The van der Waals surface area contributed by atoms with Gasteiger partial charge in [-0.1, -0.05) is 281 Å².